The maximum atomic E-state index is 12.8. The van der Waals surface area contributed by atoms with Crippen molar-refractivity contribution in [3.05, 3.63) is 47.3 Å². The van der Waals surface area contributed by atoms with E-state index >= 15 is 0 Å². The molecule has 0 saturated heterocycles. The van der Waals surface area contributed by atoms with Gasteiger partial charge in [-0.05, 0) is 44.4 Å². The third-order valence-electron chi connectivity index (χ3n) is 5.91. The van der Waals surface area contributed by atoms with E-state index in [1.54, 1.807) is 11.9 Å². The second-order valence-electron chi connectivity index (χ2n) is 8.43. The summed E-state index contributed by atoms with van der Waals surface area (Å²) in [5, 5.41) is 11.4. The lowest BCUT2D eigenvalue weighted by Crippen LogP contribution is -2.49. The summed E-state index contributed by atoms with van der Waals surface area (Å²) in [6.45, 7) is 5.28. The number of aromatic nitrogens is 2. The van der Waals surface area contributed by atoms with E-state index in [1.807, 2.05) is 37.8 Å². The standard InChI is InChI=1S/C23H34N6O/c1-17-14-18(2)29(27-17)20-11-7-6-10-19(20)15-25-22(24-3)26-16-23(12-8-9-13-23)21(30)28(4)5/h6-7,10-11,14H,8-9,12-13,15-16H2,1-5H3,(H2,24,25,26). The number of rotatable bonds is 6. The van der Waals surface area contributed by atoms with Gasteiger partial charge in [-0.2, -0.15) is 5.10 Å². The van der Waals surface area contributed by atoms with Gasteiger partial charge in [0.2, 0.25) is 5.91 Å². The van der Waals surface area contributed by atoms with Gasteiger partial charge in [-0.1, -0.05) is 31.0 Å². The molecule has 7 heteroatoms. The largest absolute Gasteiger partial charge is 0.355 e. The SMILES string of the molecule is CN=C(NCc1ccccc1-n1nc(C)cc1C)NCC1(C(=O)N(C)C)CCCC1. The van der Waals surface area contributed by atoms with Gasteiger partial charge >= 0.3 is 0 Å². The molecular formula is C23H34N6O. The Morgan fingerprint density at radius 3 is 2.50 bits per heavy atom. The number of para-hydroxylation sites is 1. The number of nitrogens with zero attached hydrogens (tertiary/aromatic N) is 4. The summed E-state index contributed by atoms with van der Waals surface area (Å²) in [7, 11) is 5.44. The zero-order valence-electron chi connectivity index (χ0n) is 18.8. The number of guanidine groups is 1. The molecule has 1 aromatic heterocycles. The average Bonchev–Trinajstić information content (AvgIpc) is 3.34. The van der Waals surface area contributed by atoms with Crippen LogP contribution in [0.5, 0.6) is 0 Å². The molecule has 0 aliphatic heterocycles. The summed E-state index contributed by atoms with van der Waals surface area (Å²) in [5.41, 5.74) is 3.96. The normalized spacial score (nSPS) is 15.8. The first-order valence-electron chi connectivity index (χ1n) is 10.6. The van der Waals surface area contributed by atoms with Gasteiger partial charge in [-0.15, -0.1) is 0 Å². The molecule has 7 nitrogen and oxygen atoms in total. The zero-order valence-corrected chi connectivity index (χ0v) is 18.8. The van der Waals surface area contributed by atoms with E-state index in [0.29, 0.717) is 19.0 Å². The quantitative estimate of drug-likeness (QED) is 0.567. The Morgan fingerprint density at radius 1 is 1.20 bits per heavy atom. The van der Waals surface area contributed by atoms with Crippen LogP contribution in [-0.4, -0.2) is 54.2 Å². The molecule has 1 saturated carbocycles. The number of hydrogen-bond donors (Lipinski definition) is 2. The van der Waals surface area contributed by atoms with Crippen LogP contribution in [0.25, 0.3) is 5.69 Å². The summed E-state index contributed by atoms with van der Waals surface area (Å²) >= 11 is 0. The fraction of sp³-hybridized carbons (Fsp3) is 0.522. The molecule has 1 fully saturated rings. The third kappa shape index (κ3) is 4.66. The van der Waals surface area contributed by atoms with Gasteiger partial charge < -0.3 is 15.5 Å². The van der Waals surface area contributed by atoms with Gasteiger partial charge in [0.15, 0.2) is 5.96 Å². The number of nitrogens with one attached hydrogen (secondary N) is 2. The molecule has 1 amide bonds. The van der Waals surface area contributed by atoms with Gasteiger partial charge in [0.25, 0.3) is 0 Å². The lowest BCUT2D eigenvalue weighted by Gasteiger charge is -2.31. The van der Waals surface area contributed by atoms with E-state index in [4.69, 9.17) is 0 Å². The Hall–Kier alpha value is -2.83. The minimum Gasteiger partial charge on any atom is -0.355 e. The minimum atomic E-state index is -0.331. The van der Waals surface area contributed by atoms with Crippen LogP contribution in [0, 0.1) is 19.3 Å². The second kappa shape index (κ2) is 9.32. The Morgan fingerprint density at radius 2 is 1.90 bits per heavy atom. The molecule has 0 spiro atoms. The summed E-state index contributed by atoms with van der Waals surface area (Å²) in [6.07, 6.45) is 4.05. The molecule has 0 bridgehead atoms. The number of carbonyl (C=O) groups excluding carboxylic acids is 1. The molecular weight excluding hydrogens is 376 g/mol. The van der Waals surface area contributed by atoms with Gasteiger partial charge in [-0.25, -0.2) is 4.68 Å². The molecule has 1 aromatic carbocycles. The smallest absolute Gasteiger partial charge is 0.230 e. The highest BCUT2D eigenvalue weighted by atomic mass is 16.2. The molecule has 3 rings (SSSR count). The van der Waals surface area contributed by atoms with Crippen LogP contribution in [-0.2, 0) is 11.3 Å². The van der Waals surface area contributed by atoms with Gasteiger partial charge in [-0.3, -0.25) is 9.79 Å². The Labute approximate surface area is 179 Å². The molecule has 1 heterocycles. The number of benzene rings is 1. The number of hydrogen-bond acceptors (Lipinski definition) is 3. The summed E-state index contributed by atoms with van der Waals surface area (Å²) < 4.78 is 1.98. The van der Waals surface area contributed by atoms with Crippen molar-refractivity contribution in [2.24, 2.45) is 10.4 Å². The summed E-state index contributed by atoms with van der Waals surface area (Å²) in [6, 6.07) is 10.3. The monoisotopic (exact) mass is 410 g/mol. The molecule has 162 valence electrons. The topological polar surface area (TPSA) is 74.5 Å². The first kappa shape index (κ1) is 21.9. The van der Waals surface area contributed by atoms with Crippen molar-refractivity contribution < 1.29 is 4.79 Å². The number of carbonyl (C=O) groups is 1. The van der Waals surface area contributed by atoms with Crippen molar-refractivity contribution in [1.29, 1.82) is 0 Å². The zero-order chi connectivity index (χ0) is 21.7. The van der Waals surface area contributed by atoms with Crippen LogP contribution in [0.4, 0.5) is 0 Å². The summed E-state index contributed by atoms with van der Waals surface area (Å²) in [4.78, 5) is 18.9. The lowest BCUT2D eigenvalue weighted by molar-refractivity contribution is -0.138. The molecule has 1 aliphatic carbocycles. The fourth-order valence-corrected chi connectivity index (χ4v) is 4.38. The number of aliphatic imine (C=N–C) groups is 1. The molecule has 2 N–H and O–H groups in total. The maximum absolute atomic E-state index is 12.8. The van der Waals surface area contributed by atoms with E-state index in [9.17, 15) is 4.79 Å². The fourth-order valence-electron chi connectivity index (χ4n) is 4.38. The predicted molar refractivity (Wildman–Crippen MR) is 121 cm³/mol. The van der Waals surface area contributed by atoms with Crippen LogP contribution >= 0.6 is 0 Å². The van der Waals surface area contributed by atoms with E-state index in [-0.39, 0.29) is 11.3 Å². The Bertz CT molecular complexity index is 908. The highest BCUT2D eigenvalue weighted by Gasteiger charge is 2.42. The highest BCUT2D eigenvalue weighted by Crippen LogP contribution is 2.38. The molecule has 2 aromatic rings. The molecule has 30 heavy (non-hydrogen) atoms. The van der Waals surface area contributed by atoms with Gasteiger partial charge in [0.05, 0.1) is 16.8 Å². The lowest BCUT2D eigenvalue weighted by atomic mass is 9.84. The number of aryl methyl sites for hydroxylation is 2. The molecule has 1 aliphatic rings. The average molecular weight is 411 g/mol. The van der Waals surface area contributed by atoms with E-state index in [0.717, 1.165) is 48.3 Å². The van der Waals surface area contributed by atoms with E-state index in [1.165, 1.54) is 0 Å². The van der Waals surface area contributed by atoms with Crippen LogP contribution in [0.2, 0.25) is 0 Å². The molecule has 0 unspecified atom stereocenters. The van der Waals surface area contributed by atoms with Crippen molar-refractivity contribution in [3.8, 4) is 5.69 Å². The highest BCUT2D eigenvalue weighted by molar-refractivity contribution is 5.85. The van der Waals surface area contributed by atoms with Crippen molar-refractivity contribution >= 4 is 11.9 Å². The third-order valence-corrected chi connectivity index (χ3v) is 5.91. The molecule has 0 radical (unpaired) electrons. The van der Waals surface area contributed by atoms with Crippen LogP contribution in [0.15, 0.2) is 35.3 Å². The predicted octanol–water partition coefficient (Wildman–Crippen LogP) is 2.80. The van der Waals surface area contributed by atoms with Gasteiger partial charge in [0, 0.05) is 39.9 Å². The van der Waals surface area contributed by atoms with E-state index in [2.05, 4.69) is 45.8 Å². The second-order valence-corrected chi connectivity index (χ2v) is 8.43. The first-order chi connectivity index (χ1) is 14.4. The van der Waals surface area contributed by atoms with Crippen LogP contribution in [0.1, 0.15) is 42.6 Å². The van der Waals surface area contributed by atoms with Crippen molar-refractivity contribution in [1.82, 2.24) is 25.3 Å². The number of amides is 1. The Kier molecular flexibility index (Phi) is 6.80. The maximum Gasteiger partial charge on any atom is 0.230 e. The van der Waals surface area contributed by atoms with Crippen molar-refractivity contribution in [3.63, 3.8) is 0 Å². The van der Waals surface area contributed by atoms with Crippen molar-refractivity contribution in [2.45, 2.75) is 46.1 Å². The van der Waals surface area contributed by atoms with Crippen LogP contribution in [0.3, 0.4) is 0 Å². The molecule has 0 atom stereocenters. The van der Waals surface area contributed by atoms with Crippen LogP contribution < -0.4 is 10.6 Å². The minimum absolute atomic E-state index is 0.206. The van der Waals surface area contributed by atoms with Crippen molar-refractivity contribution in [2.75, 3.05) is 27.7 Å². The van der Waals surface area contributed by atoms with Gasteiger partial charge in [0.1, 0.15) is 0 Å². The Balaban J connectivity index is 1.68. The summed E-state index contributed by atoms with van der Waals surface area (Å²) in [5.74, 6) is 0.911. The first-order valence-corrected chi connectivity index (χ1v) is 10.6. The van der Waals surface area contributed by atoms with E-state index < -0.39 is 0 Å².